The van der Waals surface area contributed by atoms with Gasteiger partial charge in [0.1, 0.15) is 17.3 Å². The van der Waals surface area contributed by atoms with E-state index in [4.69, 9.17) is 4.74 Å². The monoisotopic (exact) mass is 407 g/mol. The fourth-order valence-corrected chi connectivity index (χ4v) is 4.06. The summed E-state index contributed by atoms with van der Waals surface area (Å²) in [6.07, 6.45) is 0. The number of hydrogen-bond donors (Lipinski definition) is 2. The Bertz CT molecular complexity index is 1070. The molecule has 0 saturated heterocycles. The van der Waals surface area contributed by atoms with Gasteiger partial charge in [-0.05, 0) is 42.5 Å². The second kappa shape index (κ2) is 7.72. The summed E-state index contributed by atoms with van der Waals surface area (Å²) < 4.78 is 45.2. The normalized spacial score (nSPS) is 11.0. The number of sulfonamides is 1. The minimum Gasteiger partial charge on any atom is -0.497 e. The SMILES string of the molecule is COc1ccc(S(=O)(=O)Nc2nc(C(=O)Nc3cccc(F)c3)cs2)cc1. The van der Waals surface area contributed by atoms with Crippen LogP contribution in [-0.4, -0.2) is 26.4 Å². The maximum absolute atomic E-state index is 13.2. The Morgan fingerprint density at radius 1 is 1.19 bits per heavy atom. The topological polar surface area (TPSA) is 97.4 Å². The summed E-state index contributed by atoms with van der Waals surface area (Å²) in [6, 6.07) is 11.2. The number of carbonyl (C=O) groups excluding carboxylic acids is 1. The molecule has 0 spiro atoms. The number of ether oxygens (including phenoxy) is 1. The van der Waals surface area contributed by atoms with Gasteiger partial charge in [0.15, 0.2) is 5.13 Å². The number of carbonyl (C=O) groups is 1. The van der Waals surface area contributed by atoms with Gasteiger partial charge in [-0.15, -0.1) is 11.3 Å². The highest BCUT2D eigenvalue weighted by Gasteiger charge is 2.18. The van der Waals surface area contributed by atoms with E-state index in [9.17, 15) is 17.6 Å². The molecule has 140 valence electrons. The van der Waals surface area contributed by atoms with E-state index in [1.165, 1.54) is 55.0 Å². The third-order valence-corrected chi connectivity index (χ3v) is 5.65. The molecule has 3 aromatic rings. The van der Waals surface area contributed by atoms with Crippen molar-refractivity contribution in [3.8, 4) is 5.75 Å². The van der Waals surface area contributed by atoms with Crippen LogP contribution in [0, 0.1) is 5.82 Å². The Kier molecular flexibility index (Phi) is 5.38. The van der Waals surface area contributed by atoms with Gasteiger partial charge in [-0.2, -0.15) is 0 Å². The summed E-state index contributed by atoms with van der Waals surface area (Å²) in [4.78, 5) is 16.2. The quantitative estimate of drug-likeness (QED) is 0.653. The van der Waals surface area contributed by atoms with Crippen LogP contribution in [-0.2, 0) is 10.0 Å². The second-order valence-electron chi connectivity index (χ2n) is 5.28. The molecule has 0 atom stereocenters. The summed E-state index contributed by atoms with van der Waals surface area (Å²) in [5, 5.41) is 3.93. The van der Waals surface area contributed by atoms with Crippen molar-refractivity contribution in [3.05, 3.63) is 65.4 Å². The van der Waals surface area contributed by atoms with E-state index in [1.807, 2.05) is 0 Å². The number of methoxy groups -OCH3 is 1. The molecule has 0 aliphatic carbocycles. The summed E-state index contributed by atoms with van der Waals surface area (Å²) in [6.45, 7) is 0. The molecular formula is C17H14FN3O4S2. The molecule has 0 aliphatic heterocycles. The summed E-state index contributed by atoms with van der Waals surface area (Å²) in [5.74, 6) is -0.537. The van der Waals surface area contributed by atoms with Crippen LogP contribution in [0.2, 0.25) is 0 Å². The minimum atomic E-state index is -3.85. The van der Waals surface area contributed by atoms with Crippen molar-refractivity contribution >= 4 is 38.1 Å². The average Bonchev–Trinajstić information content (AvgIpc) is 3.10. The number of anilines is 2. The standard InChI is InChI=1S/C17H14FN3O4S2/c1-25-13-5-7-14(8-6-13)27(23,24)21-17-20-15(10-26-17)16(22)19-12-4-2-3-11(18)9-12/h2-10H,1H3,(H,19,22)(H,20,21). The number of rotatable bonds is 6. The number of amides is 1. The largest absolute Gasteiger partial charge is 0.497 e. The van der Waals surface area contributed by atoms with Crippen LogP contribution < -0.4 is 14.8 Å². The van der Waals surface area contributed by atoms with Gasteiger partial charge in [0, 0.05) is 11.1 Å². The van der Waals surface area contributed by atoms with Crippen LogP contribution in [0.1, 0.15) is 10.5 Å². The maximum atomic E-state index is 13.2. The number of hydrogen-bond acceptors (Lipinski definition) is 6. The molecular weight excluding hydrogens is 393 g/mol. The number of nitrogens with one attached hydrogen (secondary N) is 2. The van der Waals surface area contributed by atoms with Crippen molar-refractivity contribution < 1.29 is 22.3 Å². The highest BCUT2D eigenvalue weighted by atomic mass is 32.2. The minimum absolute atomic E-state index is 0.0108. The zero-order chi connectivity index (χ0) is 19.4. The number of halogens is 1. The number of thiazole rings is 1. The lowest BCUT2D eigenvalue weighted by Crippen LogP contribution is -2.14. The Morgan fingerprint density at radius 3 is 2.59 bits per heavy atom. The van der Waals surface area contributed by atoms with Crippen LogP contribution in [0.15, 0.2) is 58.8 Å². The first-order chi connectivity index (χ1) is 12.9. The molecule has 3 rings (SSSR count). The fourth-order valence-electron chi connectivity index (χ4n) is 2.12. The van der Waals surface area contributed by atoms with E-state index in [2.05, 4.69) is 15.0 Å². The number of nitrogens with zero attached hydrogens (tertiary/aromatic N) is 1. The highest BCUT2D eigenvalue weighted by molar-refractivity contribution is 7.93. The summed E-state index contributed by atoms with van der Waals surface area (Å²) >= 11 is 0.960. The first kappa shape index (κ1) is 18.8. The molecule has 1 aromatic heterocycles. The van der Waals surface area contributed by atoms with Gasteiger partial charge >= 0.3 is 0 Å². The average molecular weight is 407 g/mol. The molecule has 0 unspecified atom stereocenters. The van der Waals surface area contributed by atoms with Gasteiger partial charge in [0.05, 0.1) is 12.0 Å². The summed E-state index contributed by atoms with van der Waals surface area (Å²) in [5.41, 5.74) is 0.282. The zero-order valence-corrected chi connectivity index (χ0v) is 15.6. The second-order valence-corrected chi connectivity index (χ2v) is 7.82. The maximum Gasteiger partial charge on any atom is 0.275 e. The van der Waals surface area contributed by atoms with E-state index < -0.39 is 21.7 Å². The highest BCUT2D eigenvalue weighted by Crippen LogP contribution is 2.22. The molecule has 2 N–H and O–H groups in total. The van der Waals surface area contributed by atoms with Crippen molar-refractivity contribution in [1.29, 1.82) is 0 Å². The molecule has 0 radical (unpaired) electrons. The predicted molar refractivity (Wildman–Crippen MR) is 100 cm³/mol. The Morgan fingerprint density at radius 2 is 1.93 bits per heavy atom. The van der Waals surface area contributed by atoms with Crippen LogP contribution in [0.3, 0.4) is 0 Å². The predicted octanol–water partition coefficient (Wildman–Crippen LogP) is 3.34. The molecule has 7 nitrogen and oxygen atoms in total. The van der Waals surface area contributed by atoms with E-state index >= 15 is 0 Å². The Balaban J connectivity index is 1.72. The van der Waals surface area contributed by atoms with Crippen molar-refractivity contribution in [1.82, 2.24) is 4.98 Å². The lowest BCUT2D eigenvalue weighted by Gasteiger charge is -2.06. The molecule has 1 amide bonds. The van der Waals surface area contributed by atoms with Crippen molar-refractivity contribution in [3.63, 3.8) is 0 Å². The summed E-state index contributed by atoms with van der Waals surface area (Å²) in [7, 11) is -2.37. The fraction of sp³-hybridized carbons (Fsp3) is 0.0588. The Labute approximate surface area is 158 Å². The van der Waals surface area contributed by atoms with Crippen molar-refractivity contribution in [2.45, 2.75) is 4.90 Å². The molecule has 10 heteroatoms. The van der Waals surface area contributed by atoms with Crippen LogP contribution in [0.25, 0.3) is 0 Å². The Hall–Kier alpha value is -2.98. The van der Waals surface area contributed by atoms with Crippen molar-refractivity contribution in [2.24, 2.45) is 0 Å². The lowest BCUT2D eigenvalue weighted by atomic mass is 10.3. The van der Waals surface area contributed by atoms with Gasteiger partial charge in [0.25, 0.3) is 15.9 Å². The molecule has 0 fully saturated rings. The smallest absolute Gasteiger partial charge is 0.275 e. The molecule has 1 heterocycles. The van der Waals surface area contributed by atoms with Gasteiger partial charge in [-0.3, -0.25) is 9.52 Å². The van der Waals surface area contributed by atoms with Crippen LogP contribution >= 0.6 is 11.3 Å². The first-order valence-corrected chi connectivity index (χ1v) is 9.93. The first-order valence-electron chi connectivity index (χ1n) is 7.57. The van der Waals surface area contributed by atoms with Crippen molar-refractivity contribution in [2.75, 3.05) is 17.1 Å². The van der Waals surface area contributed by atoms with Gasteiger partial charge < -0.3 is 10.1 Å². The molecule has 0 bridgehead atoms. The third kappa shape index (κ3) is 4.60. The van der Waals surface area contributed by atoms with Gasteiger partial charge in [0.2, 0.25) is 0 Å². The van der Waals surface area contributed by atoms with E-state index in [0.29, 0.717) is 5.75 Å². The number of aromatic nitrogens is 1. The number of benzene rings is 2. The van der Waals surface area contributed by atoms with Crippen LogP contribution in [0.4, 0.5) is 15.2 Å². The molecule has 27 heavy (non-hydrogen) atoms. The van der Waals surface area contributed by atoms with Crippen LogP contribution in [0.5, 0.6) is 5.75 Å². The third-order valence-electron chi connectivity index (χ3n) is 3.41. The zero-order valence-electron chi connectivity index (χ0n) is 14.0. The molecule has 0 saturated carbocycles. The molecule has 0 aliphatic rings. The van der Waals surface area contributed by atoms with Gasteiger partial charge in [-0.1, -0.05) is 6.07 Å². The van der Waals surface area contributed by atoms with E-state index in [1.54, 1.807) is 0 Å². The van der Waals surface area contributed by atoms with E-state index in [-0.39, 0.29) is 21.4 Å². The molecule has 2 aromatic carbocycles. The van der Waals surface area contributed by atoms with E-state index in [0.717, 1.165) is 17.4 Å². The van der Waals surface area contributed by atoms with Gasteiger partial charge in [-0.25, -0.2) is 17.8 Å². The lowest BCUT2D eigenvalue weighted by molar-refractivity contribution is 0.102.